The van der Waals surface area contributed by atoms with Crippen LogP contribution in [-0.4, -0.2) is 79.8 Å². The van der Waals surface area contributed by atoms with Gasteiger partial charge in [-0.3, -0.25) is 14.4 Å². The molecule has 11 nitrogen and oxygen atoms in total. The van der Waals surface area contributed by atoms with Gasteiger partial charge in [0.25, 0.3) is 0 Å². The predicted molar refractivity (Wildman–Crippen MR) is 223 cm³/mol. The Morgan fingerprint density at radius 2 is 1.22 bits per heavy atom. The van der Waals surface area contributed by atoms with Crippen molar-refractivity contribution in [1.82, 2.24) is 0 Å². The van der Waals surface area contributed by atoms with Crippen LogP contribution in [0.25, 0.3) is 0 Å². The number of hydrogen-bond acceptors (Lipinski definition) is 11. The predicted octanol–water partition coefficient (Wildman–Crippen LogP) is 7.39. The first-order valence-corrected chi connectivity index (χ1v) is 20.5. The smallest absolute Gasteiger partial charge is 0.317 e. The molecule has 4 aromatic carbocycles. The van der Waals surface area contributed by atoms with Gasteiger partial charge in [0.1, 0.15) is 35.9 Å². The van der Waals surface area contributed by atoms with Gasteiger partial charge in [-0.25, -0.2) is 0 Å². The lowest BCUT2D eigenvalue weighted by Gasteiger charge is -2.39. The van der Waals surface area contributed by atoms with Crippen LogP contribution < -0.4 is 0 Å². The third-order valence-corrected chi connectivity index (χ3v) is 10.2. The van der Waals surface area contributed by atoms with E-state index in [1.807, 2.05) is 121 Å². The van der Waals surface area contributed by atoms with E-state index in [0.29, 0.717) is 0 Å². The van der Waals surface area contributed by atoms with Crippen LogP contribution in [0.15, 0.2) is 134 Å². The number of carbonyl (C=O) groups excluding carboxylic acids is 3. The van der Waals surface area contributed by atoms with Crippen molar-refractivity contribution < 1.29 is 52.3 Å². The van der Waals surface area contributed by atoms with Gasteiger partial charge in [-0.15, -0.1) is 6.58 Å². The second-order valence-electron chi connectivity index (χ2n) is 16.0. The highest BCUT2D eigenvalue weighted by atomic mass is 16.7. The summed E-state index contributed by atoms with van der Waals surface area (Å²) in [6, 6.07) is 38.3. The van der Waals surface area contributed by atoms with E-state index in [2.05, 4.69) is 6.58 Å². The van der Waals surface area contributed by atoms with Gasteiger partial charge in [0.2, 0.25) is 6.29 Å². The van der Waals surface area contributed by atoms with Crippen LogP contribution in [0.3, 0.4) is 0 Å². The third kappa shape index (κ3) is 12.8. The summed E-state index contributed by atoms with van der Waals surface area (Å²) in [6.45, 7) is 9.70. The largest absolute Gasteiger partial charge is 0.459 e. The minimum absolute atomic E-state index is 0.0215. The molecule has 4 aromatic rings. The van der Waals surface area contributed by atoms with E-state index in [0.717, 1.165) is 22.3 Å². The zero-order chi connectivity index (χ0) is 42.3. The molecule has 318 valence electrons. The van der Waals surface area contributed by atoms with Crippen molar-refractivity contribution in [2.45, 2.75) is 96.0 Å². The van der Waals surface area contributed by atoms with Crippen molar-refractivity contribution >= 4 is 17.5 Å². The zero-order valence-corrected chi connectivity index (χ0v) is 34.6. The second kappa shape index (κ2) is 22.1. The summed E-state index contributed by atoms with van der Waals surface area (Å²) in [5.74, 6) is -4.21. The summed E-state index contributed by atoms with van der Waals surface area (Å²) in [6.07, 6.45) is -4.80. The van der Waals surface area contributed by atoms with Gasteiger partial charge < -0.3 is 37.9 Å². The highest BCUT2D eigenvalue weighted by Gasteiger charge is 2.54. The van der Waals surface area contributed by atoms with Gasteiger partial charge in [0.15, 0.2) is 11.6 Å². The minimum atomic E-state index is -1.50. The molecule has 0 amide bonds. The molecule has 8 atom stereocenters. The number of ketones is 2. The number of fused-ring (bicyclic) bond motifs is 2. The lowest BCUT2D eigenvalue weighted by molar-refractivity contribution is -0.202. The molecule has 2 heterocycles. The molecule has 0 spiro atoms. The molecule has 60 heavy (non-hydrogen) atoms. The fourth-order valence-corrected chi connectivity index (χ4v) is 7.35. The third-order valence-electron chi connectivity index (χ3n) is 10.2. The maximum atomic E-state index is 15.7. The number of benzene rings is 4. The van der Waals surface area contributed by atoms with Crippen molar-refractivity contribution in [3.8, 4) is 0 Å². The summed E-state index contributed by atoms with van der Waals surface area (Å²) in [5, 5.41) is 0. The van der Waals surface area contributed by atoms with Gasteiger partial charge in [-0.05, 0) is 43.0 Å². The molecule has 2 aliphatic rings. The quantitative estimate of drug-likeness (QED) is 0.0423. The average molecular weight is 821 g/mol. The van der Waals surface area contributed by atoms with Crippen LogP contribution in [0.2, 0.25) is 0 Å². The molecule has 0 aliphatic carbocycles. The molecule has 2 saturated heterocycles. The molecule has 2 bridgehead atoms. The van der Waals surface area contributed by atoms with E-state index in [1.165, 1.54) is 0 Å². The van der Waals surface area contributed by atoms with E-state index in [4.69, 9.17) is 37.9 Å². The highest BCUT2D eigenvalue weighted by Crippen LogP contribution is 2.38. The summed E-state index contributed by atoms with van der Waals surface area (Å²) in [4.78, 5) is 43.4. The first kappa shape index (κ1) is 44.7. The Labute approximate surface area is 352 Å². The minimum Gasteiger partial charge on any atom is -0.459 e. The summed E-state index contributed by atoms with van der Waals surface area (Å²) in [7, 11) is 0. The molecular formula is C49H56O11. The highest BCUT2D eigenvalue weighted by molar-refractivity contribution is 6.03. The molecular weight excluding hydrogens is 765 g/mol. The van der Waals surface area contributed by atoms with E-state index < -0.39 is 66.0 Å². The van der Waals surface area contributed by atoms with E-state index in [1.54, 1.807) is 26.8 Å². The number of ether oxygens (including phenoxy) is 8. The fraction of sp³-hybridized carbons (Fsp3) is 0.408. The van der Waals surface area contributed by atoms with Gasteiger partial charge in [-0.1, -0.05) is 127 Å². The molecule has 7 unspecified atom stereocenters. The topological polar surface area (TPSA) is 125 Å². The van der Waals surface area contributed by atoms with Gasteiger partial charge in [-0.2, -0.15) is 0 Å². The lowest BCUT2D eigenvalue weighted by Crippen LogP contribution is -2.57. The zero-order valence-electron chi connectivity index (χ0n) is 34.6. The molecule has 0 saturated carbocycles. The summed E-state index contributed by atoms with van der Waals surface area (Å²) < 4.78 is 50.7. The van der Waals surface area contributed by atoms with E-state index >= 15 is 4.79 Å². The van der Waals surface area contributed by atoms with Crippen molar-refractivity contribution in [3.63, 3.8) is 0 Å². The first-order valence-electron chi connectivity index (χ1n) is 20.5. The maximum absolute atomic E-state index is 15.7. The molecule has 11 heteroatoms. The normalized spacial score (nSPS) is 20.1. The number of hydrogen-bond donors (Lipinski definition) is 0. The Balaban J connectivity index is 1.46. The van der Waals surface area contributed by atoms with Crippen molar-refractivity contribution in [1.29, 1.82) is 0 Å². The summed E-state index contributed by atoms with van der Waals surface area (Å²) >= 11 is 0. The van der Waals surface area contributed by atoms with E-state index in [-0.39, 0.29) is 58.5 Å². The number of Topliss-reactive ketones (excluding diaryl/α,β-unsaturated/α-hetero) is 2. The molecule has 0 N–H and O–H groups in total. The number of esters is 1. The molecule has 6 rings (SSSR count). The molecule has 2 fully saturated rings. The van der Waals surface area contributed by atoms with Gasteiger partial charge >= 0.3 is 5.97 Å². The molecule has 0 radical (unpaired) electrons. The Morgan fingerprint density at radius 3 is 1.73 bits per heavy atom. The van der Waals surface area contributed by atoms with Crippen LogP contribution in [0.4, 0.5) is 0 Å². The monoisotopic (exact) mass is 820 g/mol. The van der Waals surface area contributed by atoms with Crippen molar-refractivity contribution in [2.24, 2.45) is 11.8 Å². The Bertz CT molecular complexity index is 1930. The first-order chi connectivity index (χ1) is 29.1. The van der Waals surface area contributed by atoms with Crippen LogP contribution in [0, 0.1) is 11.8 Å². The Morgan fingerprint density at radius 1 is 0.717 bits per heavy atom. The standard InChI is InChI=1S/C49H56O11/c1-5-26-54-41(32-53-28-34-18-10-6-11-19-34)44(55-29-35-20-12-7-13-21-35)46(57-31-37-24-16-9-17-25-37)45(56-30-36-22-14-8-15-23-36)43(51)42(47(52)60-49(2,3)4)38-27-39(50)48-58-33-40(38)59-48/h5-25,38,40-42,44-46,48H,1,26-33H2,2-4H3/t38?,40?,41?,42?,44-,45?,46?,48?/m0/s1. The van der Waals surface area contributed by atoms with Gasteiger partial charge in [0.05, 0.1) is 52.4 Å². The SMILES string of the molecule is C=CCOC(COCc1ccccc1)[C@H](OCc1ccccc1)C(OCc1ccccc1)C(OCc1ccccc1)C(=O)C(C(=O)OC(C)(C)C)C1CC(=O)C2OCC1O2. The average Bonchev–Trinajstić information content (AvgIpc) is 3.69. The Hall–Kier alpha value is -4.85. The molecule has 2 aliphatic heterocycles. The van der Waals surface area contributed by atoms with Crippen LogP contribution >= 0.6 is 0 Å². The Kier molecular flexibility index (Phi) is 16.5. The second-order valence-corrected chi connectivity index (χ2v) is 16.0. The van der Waals surface area contributed by atoms with Crippen LogP contribution in [0.1, 0.15) is 49.4 Å². The van der Waals surface area contributed by atoms with Crippen molar-refractivity contribution in [2.75, 3.05) is 19.8 Å². The fourth-order valence-electron chi connectivity index (χ4n) is 7.35. The van der Waals surface area contributed by atoms with E-state index in [9.17, 15) is 9.59 Å². The number of carbonyl (C=O) groups is 3. The molecule has 0 aromatic heterocycles. The summed E-state index contributed by atoms with van der Waals surface area (Å²) in [5.41, 5.74) is 2.47. The van der Waals surface area contributed by atoms with Crippen LogP contribution in [0.5, 0.6) is 0 Å². The van der Waals surface area contributed by atoms with Crippen molar-refractivity contribution in [3.05, 3.63) is 156 Å². The van der Waals surface area contributed by atoms with Gasteiger partial charge in [0, 0.05) is 12.3 Å². The lowest BCUT2D eigenvalue weighted by atomic mass is 9.77. The van der Waals surface area contributed by atoms with Crippen LogP contribution in [-0.2, 0) is 78.7 Å². The number of rotatable bonds is 23. The maximum Gasteiger partial charge on any atom is 0.317 e.